The maximum Gasteiger partial charge on any atom is 0.268 e. The van der Waals surface area contributed by atoms with E-state index in [9.17, 15) is 4.79 Å². The van der Waals surface area contributed by atoms with Crippen LogP contribution in [0.5, 0.6) is 0 Å². The molecule has 3 rings (SSSR count). The Labute approximate surface area is 129 Å². The largest absolute Gasteiger partial charge is 0.347 e. The number of halogens is 1. The molecule has 2 aromatic rings. The Bertz CT molecular complexity index is 679. The van der Waals surface area contributed by atoms with E-state index >= 15 is 0 Å². The Morgan fingerprint density at radius 3 is 2.90 bits per heavy atom. The molecule has 112 valence electrons. The van der Waals surface area contributed by atoms with Gasteiger partial charge in [-0.2, -0.15) is 0 Å². The van der Waals surface area contributed by atoms with Gasteiger partial charge in [0.15, 0.2) is 0 Å². The predicted molar refractivity (Wildman–Crippen MR) is 85.9 cm³/mol. The normalized spacial score (nSPS) is 19.9. The van der Waals surface area contributed by atoms with E-state index in [1.807, 2.05) is 35.9 Å². The Morgan fingerprint density at radius 1 is 1.33 bits per heavy atom. The van der Waals surface area contributed by atoms with Crippen LogP contribution in [0.1, 0.15) is 23.3 Å². The lowest BCUT2D eigenvalue weighted by Crippen LogP contribution is -2.46. The van der Waals surface area contributed by atoms with Gasteiger partial charge in [0.05, 0.1) is 0 Å². The van der Waals surface area contributed by atoms with Gasteiger partial charge >= 0.3 is 0 Å². The first kappa shape index (κ1) is 14.4. The van der Waals surface area contributed by atoms with Gasteiger partial charge in [-0.1, -0.05) is 11.6 Å². The summed E-state index contributed by atoms with van der Waals surface area (Å²) in [6.45, 7) is 2.03. The second-order valence-electron chi connectivity index (χ2n) is 5.87. The molecule has 1 saturated heterocycles. The van der Waals surface area contributed by atoms with E-state index in [-0.39, 0.29) is 11.9 Å². The average Bonchev–Trinajstić information content (AvgIpc) is 2.75. The molecule has 1 atom stereocenters. The Kier molecular flexibility index (Phi) is 3.91. The molecule has 0 aliphatic carbocycles. The van der Waals surface area contributed by atoms with E-state index in [1.54, 1.807) is 0 Å². The zero-order chi connectivity index (χ0) is 15.0. The highest BCUT2D eigenvalue weighted by Gasteiger charge is 2.21. The van der Waals surface area contributed by atoms with Crippen molar-refractivity contribution in [1.82, 2.24) is 14.8 Å². The minimum Gasteiger partial charge on any atom is -0.347 e. The van der Waals surface area contributed by atoms with Crippen molar-refractivity contribution < 1.29 is 4.79 Å². The van der Waals surface area contributed by atoms with Crippen molar-refractivity contribution in [2.24, 2.45) is 7.05 Å². The highest BCUT2D eigenvalue weighted by atomic mass is 35.5. The number of benzene rings is 1. The fourth-order valence-electron chi connectivity index (χ4n) is 3.08. The van der Waals surface area contributed by atoms with Crippen LogP contribution in [0.15, 0.2) is 24.3 Å². The zero-order valence-corrected chi connectivity index (χ0v) is 13.2. The second-order valence-corrected chi connectivity index (χ2v) is 6.30. The molecule has 21 heavy (non-hydrogen) atoms. The number of nitrogens with zero attached hydrogens (tertiary/aromatic N) is 2. The van der Waals surface area contributed by atoms with E-state index in [0.717, 1.165) is 36.8 Å². The lowest BCUT2D eigenvalue weighted by atomic mass is 10.1. The lowest BCUT2D eigenvalue weighted by Gasteiger charge is -2.30. The van der Waals surface area contributed by atoms with Crippen molar-refractivity contribution in [3.05, 3.63) is 35.0 Å². The number of hydrogen-bond acceptors (Lipinski definition) is 2. The van der Waals surface area contributed by atoms with E-state index in [0.29, 0.717) is 10.7 Å². The van der Waals surface area contributed by atoms with E-state index in [4.69, 9.17) is 11.6 Å². The standard InChI is InChI=1S/C16H20ClN3O/c1-19-7-3-4-13(10-19)18-16(21)15-9-11-8-12(17)5-6-14(11)20(15)2/h5-6,8-9,13H,3-4,7,10H2,1-2H3,(H,18,21)/t13-/m0/s1. The average molecular weight is 306 g/mol. The van der Waals surface area contributed by atoms with Crippen molar-refractivity contribution in [1.29, 1.82) is 0 Å². The van der Waals surface area contributed by atoms with Gasteiger partial charge in [0.25, 0.3) is 5.91 Å². The van der Waals surface area contributed by atoms with Crippen molar-refractivity contribution in [2.75, 3.05) is 20.1 Å². The van der Waals surface area contributed by atoms with Crippen LogP contribution in [0, 0.1) is 0 Å². The van der Waals surface area contributed by atoms with Crippen molar-refractivity contribution >= 4 is 28.4 Å². The highest BCUT2D eigenvalue weighted by molar-refractivity contribution is 6.31. The van der Waals surface area contributed by atoms with Crippen LogP contribution in [0.2, 0.25) is 5.02 Å². The van der Waals surface area contributed by atoms with E-state index in [2.05, 4.69) is 17.3 Å². The molecular weight excluding hydrogens is 286 g/mol. The summed E-state index contributed by atoms with van der Waals surface area (Å²) < 4.78 is 1.92. The predicted octanol–water partition coefficient (Wildman–Crippen LogP) is 2.66. The van der Waals surface area contributed by atoms with Crippen LogP contribution in [0.4, 0.5) is 0 Å². The molecule has 1 aromatic carbocycles. The molecule has 1 aromatic heterocycles. The summed E-state index contributed by atoms with van der Waals surface area (Å²) in [6.07, 6.45) is 2.18. The summed E-state index contributed by atoms with van der Waals surface area (Å²) in [5.41, 5.74) is 1.70. The fourth-order valence-corrected chi connectivity index (χ4v) is 3.26. The van der Waals surface area contributed by atoms with Crippen LogP contribution in [0.25, 0.3) is 10.9 Å². The number of piperidine rings is 1. The van der Waals surface area contributed by atoms with Gasteiger partial charge in [-0.05, 0) is 50.7 Å². The molecule has 4 nitrogen and oxygen atoms in total. The molecule has 1 N–H and O–H groups in total. The number of likely N-dealkylation sites (tertiary alicyclic amines) is 1. The molecule has 1 amide bonds. The number of hydrogen-bond donors (Lipinski definition) is 1. The summed E-state index contributed by atoms with van der Waals surface area (Å²) >= 11 is 6.02. The van der Waals surface area contributed by atoms with Crippen molar-refractivity contribution in [3.63, 3.8) is 0 Å². The molecule has 0 spiro atoms. The first-order valence-electron chi connectivity index (χ1n) is 7.29. The number of rotatable bonds is 2. The molecule has 0 unspecified atom stereocenters. The lowest BCUT2D eigenvalue weighted by molar-refractivity contribution is 0.0904. The topological polar surface area (TPSA) is 37.3 Å². The van der Waals surface area contributed by atoms with Gasteiger partial charge in [-0.15, -0.1) is 0 Å². The number of aromatic nitrogens is 1. The van der Waals surface area contributed by atoms with Crippen LogP contribution in [-0.4, -0.2) is 41.6 Å². The Balaban J connectivity index is 1.82. The third-order valence-electron chi connectivity index (χ3n) is 4.20. The number of aryl methyl sites for hydroxylation is 1. The molecule has 0 saturated carbocycles. The Morgan fingerprint density at radius 2 is 2.14 bits per heavy atom. The second kappa shape index (κ2) is 5.70. The van der Waals surface area contributed by atoms with Gasteiger partial charge in [0, 0.05) is 35.6 Å². The van der Waals surface area contributed by atoms with Crippen LogP contribution in [-0.2, 0) is 7.05 Å². The van der Waals surface area contributed by atoms with Crippen molar-refractivity contribution in [3.8, 4) is 0 Å². The molecular formula is C16H20ClN3O. The summed E-state index contributed by atoms with van der Waals surface area (Å²) in [5, 5.41) is 4.83. The molecule has 0 radical (unpaired) electrons. The smallest absolute Gasteiger partial charge is 0.268 e. The number of likely N-dealkylation sites (N-methyl/N-ethyl adjacent to an activating group) is 1. The minimum absolute atomic E-state index is 0.00915. The van der Waals surface area contributed by atoms with Gasteiger partial charge in [0.1, 0.15) is 5.69 Å². The molecule has 0 bridgehead atoms. The number of nitrogens with one attached hydrogen (secondary N) is 1. The minimum atomic E-state index is -0.00915. The summed E-state index contributed by atoms with van der Waals surface area (Å²) in [6, 6.07) is 7.83. The van der Waals surface area contributed by atoms with Crippen LogP contribution < -0.4 is 5.32 Å². The van der Waals surface area contributed by atoms with Gasteiger partial charge < -0.3 is 14.8 Å². The van der Waals surface area contributed by atoms with Gasteiger partial charge in [-0.25, -0.2) is 0 Å². The summed E-state index contributed by atoms with van der Waals surface area (Å²) in [4.78, 5) is 14.8. The Hall–Kier alpha value is -1.52. The van der Waals surface area contributed by atoms with Crippen LogP contribution >= 0.6 is 11.6 Å². The number of carbonyl (C=O) groups excluding carboxylic acids is 1. The molecule has 1 aliphatic heterocycles. The SMILES string of the molecule is CN1CCC[C@H](NC(=O)c2cc3cc(Cl)ccc3n2C)C1. The molecule has 5 heteroatoms. The maximum absolute atomic E-state index is 12.5. The zero-order valence-electron chi connectivity index (χ0n) is 12.4. The van der Waals surface area contributed by atoms with Crippen LogP contribution in [0.3, 0.4) is 0 Å². The number of amides is 1. The van der Waals surface area contributed by atoms with E-state index in [1.165, 1.54) is 0 Å². The number of fused-ring (bicyclic) bond motifs is 1. The molecule has 1 fully saturated rings. The molecule has 2 heterocycles. The highest BCUT2D eigenvalue weighted by Crippen LogP contribution is 2.22. The van der Waals surface area contributed by atoms with Gasteiger partial charge in [-0.3, -0.25) is 4.79 Å². The third kappa shape index (κ3) is 2.92. The summed E-state index contributed by atoms with van der Waals surface area (Å²) in [7, 11) is 4.01. The first-order chi connectivity index (χ1) is 10.0. The maximum atomic E-state index is 12.5. The molecule has 1 aliphatic rings. The fraction of sp³-hybridized carbons (Fsp3) is 0.438. The monoisotopic (exact) mass is 305 g/mol. The summed E-state index contributed by atoms with van der Waals surface area (Å²) in [5.74, 6) is -0.00915. The quantitative estimate of drug-likeness (QED) is 0.926. The third-order valence-corrected chi connectivity index (χ3v) is 4.43. The first-order valence-corrected chi connectivity index (χ1v) is 7.67. The van der Waals surface area contributed by atoms with E-state index < -0.39 is 0 Å². The number of carbonyl (C=O) groups is 1. The van der Waals surface area contributed by atoms with Gasteiger partial charge in [0.2, 0.25) is 0 Å². The van der Waals surface area contributed by atoms with Crippen molar-refractivity contribution in [2.45, 2.75) is 18.9 Å².